The number of aliphatic hydroxyl groups excluding tert-OH is 1. The molecule has 2 saturated carbocycles. The summed E-state index contributed by atoms with van der Waals surface area (Å²) in [6, 6.07) is 0. The van der Waals surface area contributed by atoms with Crippen LogP contribution in [0, 0.1) is 17.3 Å². The van der Waals surface area contributed by atoms with Crippen molar-refractivity contribution in [3.05, 3.63) is 0 Å². The molecule has 0 heterocycles. The van der Waals surface area contributed by atoms with Crippen LogP contribution in [-0.4, -0.2) is 23.3 Å². The Bertz CT molecular complexity index is 350. The van der Waals surface area contributed by atoms with Crippen LogP contribution in [0.3, 0.4) is 0 Å². The Labute approximate surface area is 123 Å². The zero-order valence-electron chi connectivity index (χ0n) is 13.3. The minimum absolute atomic E-state index is 0.0368. The summed E-state index contributed by atoms with van der Waals surface area (Å²) >= 11 is 0. The lowest BCUT2D eigenvalue weighted by Crippen LogP contribution is -2.48. The lowest BCUT2D eigenvalue weighted by atomic mass is 9.64. The van der Waals surface area contributed by atoms with E-state index in [1.165, 1.54) is 19.3 Å². The Morgan fingerprint density at radius 2 is 2.15 bits per heavy atom. The fourth-order valence-electron chi connectivity index (χ4n) is 3.93. The first-order valence-corrected chi connectivity index (χ1v) is 8.25. The molecule has 3 unspecified atom stereocenters. The third-order valence-electron chi connectivity index (χ3n) is 5.52. The van der Waals surface area contributed by atoms with Gasteiger partial charge >= 0.3 is 5.97 Å². The van der Waals surface area contributed by atoms with Gasteiger partial charge in [-0.3, -0.25) is 4.79 Å². The van der Waals surface area contributed by atoms with Gasteiger partial charge in [0.1, 0.15) is 5.60 Å². The zero-order chi connectivity index (χ0) is 14.8. The highest BCUT2D eigenvalue weighted by Crippen LogP contribution is 2.49. The van der Waals surface area contributed by atoms with E-state index in [2.05, 4.69) is 0 Å². The van der Waals surface area contributed by atoms with Crippen molar-refractivity contribution in [3.8, 4) is 0 Å². The molecule has 2 fully saturated rings. The van der Waals surface area contributed by atoms with Gasteiger partial charge in [-0.15, -0.1) is 0 Å². The number of rotatable bonds is 5. The first kappa shape index (κ1) is 15.8. The first-order valence-electron chi connectivity index (χ1n) is 8.25. The second kappa shape index (κ2) is 6.05. The summed E-state index contributed by atoms with van der Waals surface area (Å²) in [5.74, 6) is 1.17. The molecule has 0 aromatic rings. The highest BCUT2D eigenvalue weighted by Gasteiger charge is 2.47. The number of hydrogen-bond acceptors (Lipinski definition) is 3. The van der Waals surface area contributed by atoms with E-state index in [1.807, 2.05) is 20.8 Å². The molecule has 0 radical (unpaired) electrons. The van der Waals surface area contributed by atoms with Crippen LogP contribution in [0.5, 0.6) is 0 Å². The number of esters is 1. The molecule has 0 aromatic carbocycles. The summed E-state index contributed by atoms with van der Waals surface area (Å²) in [5.41, 5.74) is -0.615. The van der Waals surface area contributed by atoms with Crippen molar-refractivity contribution in [1.29, 1.82) is 0 Å². The molecule has 3 atom stereocenters. The van der Waals surface area contributed by atoms with Gasteiger partial charge in [0.05, 0.1) is 5.41 Å². The van der Waals surface area contributed by atoms with Gasteiger partial charge in [0.15, 0.2) is 0 Å². The van der Waals surface area contributed by atoms with Crippen molar-refractivity contribution in [2.24, 2.45) is 17.3 Å². The van der Waals surface area contributed by atoms with Gasteiger partial charge in [-0.1, -0.05) is 13.3 Å². The quantitative estimate of drug-likeness (QED) is 0.782. The van der Waals surface area contributed by atoms with Crippen molar-refractivity contribution in [3.63, 3.8) is 0 Å². The maximum atomic E-state index is 12.5. The van der Waals surface area contributed by atoms with Crippen molar-refractivity contribution in [2.75, 3.05) is 6.61 Å². The number of carbonyl (C=O) groups excluding carboxylic acids is 1. The summed E-state index contributed by atoms with van der Waals surface area (Å²) in [6.45, 7) is 6.24. The number of ether oxygens (including phenoxy) is 1. The van der Waals surface area contributed by atoms with Crippen molar-refractivity contribution in [2.45, 2.75) is 77.7 Å². The molecule has 2 rings (SSSR count). The molecule has 0 amide bonds. The van der Waals surface area contributed by atoms with E-state index in [0.29, 0.717) is 11.8 Å². The predicted molar refractivity (Wildman–Crippen MR) is 79.3 cm³/mol. The van der Waals surface area contributed by atoms with Crippen molar-refractivity contribution in [1.82, 2.24) is 0 Å². The highest BCUT2D eigenvalue weighted by molar-refractivity contribution is 5.76. The van der Waals surface area contributed by atoms with Crippen molar-refractivity contribution < 1.29 is 14.6 Å². The molecular formula is C17H30O3. The fourth-order valence-corrected chi connectivity index (χ4v) is 3.93. The van der Waals surface area contributed by atoms with Gasteiger partial charge in [0, 0.05) is 6.61 Å². The highest BCUT2D eigenvalue weighted by atomic mass is 16.6. The average molecular weight is 282 g/mol. The number of fused-ring (bicyclic) bond motifs is 2. The molecule has 0 aromatic heterocycles. The standard InChI is InChI=1S/C17H30O3/c1-4-16(2,3)15(19)20-17-8-5-6-13(11-17)10-14(12-17)7-9-18/h13-14,18H,4-12H2,1-3H3. The number of carbonyl (C=O) groups is 1. The van der Waals surface area contributed by atoms with Crippen LogP contribution in [0.25, 0.3) is 0 Å². The third kappa shape index (κ3) is 3.36. The Morgan fingerprint density at radius 1 is 1.40 bits per heavy atom. The molecule has 3 nitrogen and oxygen atoms in total. The van der Waals surface area contributed by atoms with Crippen LogP contribution < -0.4 is 0 Å². The molecule has 2 aliphatic carbocycles. The summed E-state index contributed by atoms with van der Waals surface area (Å²) in [5, 5.41) is 9.21. The molecular weight excluding hydrogens is 252 g/mol. The molecule has 0 spiro atoms. The van der Waals surface area contributed by atoms with Gasteiger partial charge < -0.3 is 9.84 Å². The van der Waals surface area contributed by atoms with Gasteiger partial charge in [-0.2, -0.15) is 0 Å². The van der Waals surface area contributed by atoms with Crippen molar-refractivity contribution >= 4 is 5.97 Å². The van der Waals surface area contributed by atoms with Crippen LogP contribution in [0.15, 0.2) is 0 Å². The maximum absolute atomic E-state index is 12.5. The smallest absolute Gasteiger partial charge is 0.312 e. The minimum atomic E-state index is -0.383. The minimum Gasteiger partial charge on any atom is -0.459 e. The second-order valence-corrected chi connectivity index (χ2v) is 7.59. The Hall–Kier alpha value is -0.570. The van der Waals surface area contributed by atoms with Gasteiger partial charge in [-0.25, -0.2) is 0 Å². The SMILES string of the molecule is CCC(C)(C)C(=O)OC12CCCC(CC(CCO)C1)C2. The molecule has 2 aliphatic rings. The Kier molecular flexibility index (Phi) is 4.78. The predicted octanol–water partition coefficient (Wildman–Crippen LogP) is 3.69. The third-order valence-corrected chi connectivity index (χ3v) is 5.52. The lowest BCUT2D eigenvalue weighted by Gasteiger charge is -2.48. The number of aliphatic hydroxyl groups is 1. The Balaban J connectivity index is 2.08. The van der Waals surface area contributed by atoms with E-state index >= 15 is 0 Å². The maximum Gasteiger partial charge on any atom is 0.312 e. The molecule has 116 valence electrons. The van der Waals surface area contributed by atoms with Gasteiger partial charge in [-0.05, 0) is 70.6 Å². The van der Waals surface area contributed by atoms with E-state index < -0.39 is 0 Å². The lowest BCUT2D eigenvalue weighted by molar-refractivity contribution is -0.183. The molecule has 0 aliphatic heterocycles. The molecule has 20 heavy (non-hydrogen) atoms. The van der Waals surface area contributed by atoms with Crippen LogP contribution in [0.1, 0.15) is 72.1 Å². The van der Waals surface area contributed by atoms with E-state index in [-0.39, 0.29) is 23.6 Å². The molecule has 2 bridgehead atoms. The second-order valence-electron chi connectivity index (χ2n) is 7.59. The van der Waals surface area contributed by atoms with E-state index in [0.717, 1.165) is 32.1 Å². The summed E-state index contributed by atoms with van der Waals surface area (Å²) < 4.78 is 6.06. The fraction of sp³-hybridized carbons (Fsp3) is 0.941. The normalized spacial score (nSPS) is 33.8. The average Bonchev–Trinajstić information content (AvgIpc) is 2.38. The van der Waals surface area contributed by atoms with Crippen LogP contribution in [0.4, 0.5) is 0 Å². The summed E-state index contributed by atoms with van der Waals surface area (Å²) in [4.78, 5) is 12.5. The molecule has 3 heteroatoms. The zero-order valence-corrected chi connectivity index (χ0v) is 13.3. The van der Waals surface area contributed by atoms with E-state index in [4.69, 9.17) is 4.74 Å². The van der Waals surface area contributed by atoms with Crippen LogP contribution in [0.2, 0.25) is 0 Å². The van der Waals surface area contributed by atoms with Crippen LogP contribution in [-0.2, 0) is 9.53 Å². The summed E-state index contributed by atoms with van der Waals surface area (Å²) in [6.07, 6.45) is 8.32. The molecule has 0 saturated heterocycles. The first-order chi connectivity index (χ1) is 9.41. The topological polar surface area (TPSA) is 46.5 Å². The molecule has 1 N–H and O–H groups in total. The summed E-state index contributed by atoms with van der Waals surface area (Å²) in [7, 11) is 0. The number of hydrogen-bond donors (Lipinski definition) is 1. The Morgan fingerprint density at radius 3 is 2.80 bits per heavy atom. The van der Waals surface area contributed by atoms with Gasteiger partial charge in [0.25, 0.3) is 0 Å². The van der Waals surface area contributed by atoms with Crippen LogP contribution >= 0.6 is 0 Å². The van der Waals surface area contributed by atoms with Gasteiger partial charge in [0.2, 0.25) is 0 Å². The monoisotopic (exact) mass is 282 g/mol. The largest absolute Gasteiger partial charge is 0.459 e. The van der Waals surface area contributed by atoms with E-state index in [9.17, 15) is 9.90 Å². The van der Waals surface area contributed by atoms with E-state index in [1.54, 1.807) is 0 Å².